The minimum atomic E-state index is -0.788. The lowest BCUT2D eigenvalue weighted by molar-refractivity contribution is -0.147. The van der Waals surface area contributed by atoms with Crippen LogP contribution in [0.2, 0.25) is 0 Å². The van der Waals surface area contributed by atoms with Crippen LogP contribution >= 0.6 is 0 Å². The molecule has 0 bridgehead atoms. The predicted octanol–water partition coefficient (Wildman–Crippen LogP) is 6.33. The van der Waals surface area contributed by atoms with Gasteiger partial charge in [0.05, 0.1) is 7.11 Å². The lowest BCUT2D eigenvalue weighted by atomic mass is 9.98. The number of esters is 1. The van der Waals surface area contributed by atoms with Crippen LogP contribution in [0.5, 0.6) is 5.75 Å². The van der Waals surface area contributed by atoms with Crippen molar-refractivity contribution in [3.63, 3.8) is 0 Å². The summed E-state index contributed by atoms with van der Waals surface area (Å²) in [5.74, 6) is 0.388. The van der Waals surface area contributed by atoms with Gasteiger partial charge < -0.3 is 19.5 Å². The summed E-state index contributed by atoms with van der Waals surface area (Å²) in [6, 6.07) is 22.8. The van der Waals surface area contributed by atoms with Gasteiger partial charge in [0.25, 0.3) is 0 Å². The van der Waals surface area contributed by atoms with E-state index in [1.807, 2.05) is 62.4 Å². The molecule has 36 heavy (non-hydrogen) atoms. The molecule has 4 rings (SSSR count). The highest BCUT2D eigenvalue weighted by Gasteiger charge is 2.30. The Morgan fingerprint density at radius 1 is 0.861 bits per heavy atom. The van der Waals surface area contributed by atoms with Crippen molar-refractivity contribution >= 4 is 12.1 Å². The molecular weight excluding hydrogens is 454 g/mol. The van der Waals surface area contributed by atoms with E-state index in [9.17, 15) is 9.59 Å². The Hall–Kier alpha value is -3.80. The number of fused-ring (bicyclic) bond motifs is 3. The first-order chi connectivity index (χ1) is 17.0. The van der Waals surface area contributed by atoms with Crippen molar-refractivity contribution in [2.75, 3.05) is 13.7 Å². The van der Waals surface area contributed by atoms with Crippen molar-refractivity contribution in [3.8, 4) is 16.9 Å². The molecule has 3 aromatic carbocycles. The fourth-order valence-electron chi connectivity index (χ4n) is 4.44. The van der Waals surface area contributed by atoms with Crippen LogP contribution in [-0.2, 0) is 20.9 Å². The maximum atomic E-state index is 12.8. The van der Waals surface area contributed by atoms with Crippen molar-refractivity contribution in [1.29, 1.82) is 0 Å². The first-order valence-electron chi connectivity index (χ1n) is 11.9. The average molecular weight is 490 g/mol. The van der Waals surface area contributed by atoms with Crippen molar-refractivity contribution in [3.05, 3.63) is 89.5 Å². The highest BCUT2D eigenvalue weighted by molar-refractivity contribution is 5.82. The van der Waals surface area contributed by atoms with Crippen LogP contribution in [0.3, 0.4) is 0 Å². The molecule has 0 unspecified atom stereocenters. The molecule has 0 radical (unpaired) electrons. The van der Waals surface area contributed by atoms with Gasteiger partial charge >= 0.3 is 12.1 Å². The van der Waals surface area contributed by atoms with Gasteiger partial charge in [-0.2, -0.15) is 0 Å². The molecule has 0 aromatic heterocycles. The van der Waals surface area contributed by atoms with Crippen LogP contribution in [0.4, 0.5) is 4.79 Å². The van der Waals surface area contributed by atoms with E-state index in [0.717, 1.165) is 33.6 Å². The zero-order chi connectivity index (χ0) is 24.8. The summed E-state index contributed by atoms with van der Waals surface area (Å²) in [6.07, 6.45) is -0.176. The van der Waals surface area contributed by atoms with E-state index in [1.165, 1.54) is 0 Å². The molecule has 1 amide bonds. The third kappa shape index (κ3) is 6.25. The lowest BCUT2D eigenvalue weighted by Crippen LogP contribution is -2.43. The number of amides is 1. The monoisotopic (exact) mass is 489 g/mol. The SMILES string of the molecule is C.COc1ccc(COC(=O)[C@H](CC(C)C)NC(=O)OCC2c3ccccc3-c3ccccc32)cc1. The number of carbonyl (C=O) groups excluding carboxylic acids is 2. The van der Waals surface area contributed by atoms with E-state index < -0.39 is 18.1 Å². The van der Waals surface area contributed by atoms with E-state index in [4.69, 9.17) is 14.2 Å². The summed E-state index contributed by atoms with van der Waals surface area (Å²) < 4.78 is 16.3. The van der Waals surface area contributed by atoms with Crippen LogP contribution < -0.4 is 10.1 Å². The van der Waals surface area contributed by atoms with Crippen molar-refractivity contribution in [2.24, 2.45) is 5.92 Å². The fraction of sp³-hybridized carbons (Fsp3) is 0.333. The van der Waals surface area contributed by atoms with E-state index in [0.29, 0.717) is 6.42 Å². The minimum absolute atomic E-state index is 0. The second kappa shape index (κ2) is 12.2. The van der Waals surface area contributed by atoms with Gasteiger partial charge in [0.15, 0.2) is 0 Å². The number of methoxy groups -OCH3 is 1. The topological polar surface area (TPSA) is 73.9 Å². The standard InChI is InChI=1S/C29H31NO5.CH4/c1-19(2)16-27(28(31)34-17-20-12-14-21(33-3)15-13-20)30-29(32)35-18-26-24-10-6-4-8-22(24)23-9-5-7-11-25(23)26;/h4-15,19,26-27H,16-18H2,1-3H3,(H,30,32);1H4/t27-;/m0./s1. The molecule has 190 valence electrons. The summed E-state index contributed by atoms with van der Waals surface area (Å²) >= 11 is 0. The third-order valence-corrected chi connectivity index (χ3v) is 6.17. The molecular formula is C30H35NO5. The van der Waals surface area contributed by atoms with Crippen LogP contribution in [-0.4, -0.2) is 31.8 Å². The molecule has 0 aliphatic heterocycles. The summed E-state index contributed by atoms with van der Waals surface area (Å²) in [5, 5.41) is 2.72. The highest BCUT2D eigenvalue weighted by atomic mass is 16.6. The number of hydrogen-bond acceptors (Lipinski definition) is 5. The highest BCUT2D eigenvalue weighted by Crippen LogP contribution is 2.44. The van der Waals surface area contributed by atoms with Crippen LogP contribution in [0, 0.1) is 5.92 Å². The average Bonchev–Trinajstić information content (AvgIpc) is 3.19. The molecule has 1 aliphatic carbocycles. The molecule has 1 atom stereocenters. The smallest absolute Gasteiger partial charge is 0.407 e. The largest absolute Gasteiger partial charge is 0.497 e. The van der Waals surface area contributed by atoms with Gasteiger partial charge in [0.2, 0.25) is 0 Å². The molecule has 6 nitrogen and oxygen atoms in total. The first kappa shape index (κ1) is 26.8. The summed E-state index contributed by atoms with van der Waals surface area (Å²) in [4.78, 5) is 25.5. The molecule has 6 heteroatoms. The maximum Gasteiger partial charge on any atom is 0.407 e. The van der Waals surface area contributed by atoms with Crippen molar-refractivity contribution < 1.29 is 23.8 Å². The minimum Gasteiger partial charge on any atom is -0.497 e. The number of alkyl carbamates (subject to hydrolysis) is 1. The molecule has 1 N–H and O–H groups in total. The Kier molecular flexibility index (Phi) is 9.12. The Bertz CT molecular complexity index is 1130. The maximum absolute atomic E-state index is 12.8. The molecule has 1 aliphatic rings. The molecule has 3 aromatic rings. The summed E-state index contributed by atoms with van der Waals surface area (Å²) in [6.45, 7) is 4.28. The van der Waals surface area contributed by atoms with Gasteiger partial charge in [0.1, 0.15) is 25.0 Å². The number of carbonyl (C=O) groups is 2. The zero-order valence-corrected chi connectivity index (χ0v) is 20.3. The normalized spacial score (nSPS) is 12.7. The van der Waals surface area contributed by atoms with E-state index >= 15 is 0 Å². The van der Waals surface area contributed by atoms with Gasteiger partial charge in [-0.3, -0.25) is 0 Å². The van der Waals surface area contributed by atoms with Crippen molar-refractivity contribution in [1.82, 2.24) is 5.32 Å². The Labute approximate surface area is 213 Å². The third-order valence-electron chi connectivity index (χ3n) is 6.17. The number of benzene rings is 3. The number of ether oxygens (including phenoxy) is 3. The quantitative estimate of drug-likeness (QED) is 0.356. The van der Waals surface area contributed by atoms with E-state index in [2.05, 4.69) is 29.6 Å². The summed E-state index contributed by atoms with van der Waals surface area (Å²) in [7, 11) is 1.60. The Morgan fingerprint density at radius 2 is 1.44 bits per heavy atom. The number of nitrogens with one attached hydrogen (secondary N) is 1. The van der Waals surface area contributed by atoms with Gasteiger partial charge in [-0.1, -0.05) is 81.9 Å². The molecule has 0 saturated heterocycles. The fourth-order valence-corrected chi connectivity index (χ4v) is 4.44. The van der Waals surface area contributed by atoms with Gasteiger partial charge in [-0.05, 0) is 52.3 Å². The molecule has 0 fully saturated rings. The molecule has 0 heterocycles. The number of rotatable bonds is 9. The zero-order valence-electron chi connectivity index (χ0n) is 20.3. The second-order valence-corrected chi connectivity index (χ2v) is 9.11. The Balaban J connectivity index is 0.00000361. The lowest BCUT2D eigenvalue weighted by Gasteiger charge is -2.20. The first-order valence-corrected chi connectivity index (χ1v) is 11.9. The number of hydrogen-bond donors (Lipinski definition) is 1. The predicted molar refractivity (Wildman–Crippen MR) is 141 cm³/mol. The van der Waals surface area contributed by atoms with Gasteiger partial charge in [-0.25, -0.2) is 9.59 Å². The molecule has 0 saturated carbocycles. The van der Waals surface area contributed by atoms with Crippen LogP contribution in [0.25, 0.3) is 11.1 Å². The molecule has 0 spiro atoms. The van der Waals surface area contributed by atoms with E-state index in [1.54, 1.807) is 7.11 Å². The van der Waals surface area contributed by atoms with Gasteiger partial charge in [-0.15, -0.1) is 0 Å². The Morgan fingerprint density at radius 3 is 2.00 bits per heavy atom. The van der Waals surface area contributed by atoms with E-state index in [-0.39, 0.29) is 32.5 Å². The van der Waals surface area contributed by atoms with Gasteiger partial charge in [0, 0.05) is 5.92 Å². The van der Waals surface area contributed by atoms with Crippen LogP contribution in [0.15, 0.2) is 72.8 Å². The summed E-state index contributed by atoms with van der Waals surface area (Å²) in [5.41, 5.74) is 5.44. The van der Waals surface area contributed by atoms with Crippen LogP contribution in [0.1, 0.15) is 50.3 Å². The second-order valence-electron chi connectivity index (χ2n) is 9.11. The van der Waals surface area contributed by atoms with Crippen molar-refractivity contribution in [2.45, 2.75) is 46.3 Å².